The molecule has 0 fully saturated rings. The Morgan fingerprint density at radius 2 is 1.60 bits per heavy atom. The van der Waals surface area contributed by atoms with Crippen molar-refractivity contribution in [1.82, 2.24) is 15.5 Å². The standard InChI is InChI=1S/C25H23N3O2/c1-16-6-4-5-7-22(16)15-26-24(29)20-12-10-19(11-13-20)23-14-21(9-8-17(23)2)25-28-27-18(3)30-25/h4-14H,15H2,1-3H3,(H,26,29). The van der Waals surface area contributed by atoms with Gasteiger partial charge in [0, 0.05) is 24.6 Å². The summed E-state index contributed by atoms with van der Waals surface area (Å²) in [7, 11) is 0. The second-order valence-corrected chi connectivity index (χ2v) is 7.34. The summed E-state index contributed by atoms with van der Waals surface area (Å²) in [6.45, 7) is 6.38. The summed E-state index contributed by atoms with van der Waals surface area (Å²) >= 11 is 0. The third kappa shape index (κ3) is 4.15. The topological polar surface area (TPSA) is 68.0 Å². The molecule has 0 aliphatic carbocycles. The van der Waals surface area contributed by atoms with Crippen LogP contribution in [0, 0.1) is 20.8 Å². The smallest absolute Gasteiger partial charge is 0.251 e. The molecule has 1 amide bonds. The first-order chi connectivity index (χ1) is 14.5. The Kier molecular flexibility index (Phi) is 5.44. The SMILES string of the molecule is Cc1nnc(-c2ccc(C)c(-c3ccc(C(=O)NCc4ccccc4C)cc3)c2)o1. The Hall–Kier alpha value is -3.73. The molecule has 0 aliphatic heterocycles. The number of rotatable bonds is 5. The molecule has 0 saturated heterocycles. The number of carbonyl (C=O) groups excluding carboxylic acids is 1. The zero-order valence-corrected chi connectivity index (χ0v) is 17.3. The van der Waals surface area contributed by atoms with Crippen molar-refractivity contribution in [3.05, 3.63) is 94.9 Å². The summed E-state index contributed by atoms with van der Waals surface area (Å²) in [5.74, 6) is 0.950. The van der Waals surface area contributed by atoms with Crippen LogP contribution in [0.3, 0.4) is 0 Å². The molecule has 5 heteroatoms. The number of carbonyl (C=O) groups is 1. The highest BCUT2D eigenvalue weighted by Crippen LogP contribution is 2.29. The lowest BCUT2D eigenvalue weighted by atomic mass is 9.97. The van der Waals surface area contributed by atoms with Crippen molar-refractivity contribution in [2.45, 2.75) is 27.3 Å². The maximum Gasteiger partial charge on any atom is 0.251 e. The molecular formula is C25H23N3O2. The predicted octanol–water partition coefficient (Wildman–Crippen LogP) is 5.26. The number of benzene rings is 3. The monoisotopic (exact) mass is 397 g/mol. The predicted molar refractivity (Wildman–Crippen MR) is 117 cm³/mol. The summed E-state index contributed by atoms with van der Waals surface area (Å²) in [6, 6.07) is 21.7. The quantitative estimate of drug-likeness (QED) is 0.499. The van der Waals surface area contributed by atoms with Crippen molar-refractivity contribution in [3.8, 4) is 22.6 Å². The normalized spacial score (nSPS) is 10.8. The van der Waals surface area contributed by atoms with Crippen molar-refractivity contribution < 1.29 is 9.21 Å². The summed E-state index contributed by atoms with van der Waals surface area (Å²) in [6.07, 6.45) is 0. The van der Waals surface area contributed by atoms with E-state index in [1.54, 1.807) is 6.92 Å². The van der Waals surface area contributed by atoms with Gasteiger partial charge in [0.25, 0.3) is 5.91 Å². The molecule has 1 heterocycles. The molecule has 3 aromatic carbocycles. The van der Waals surface area contributed by atoms with E-state index in [0.717, 1.165) is 27.8 Å². The van der Waals surface area contributed by atoms with Gasteiger partial charge in [-0.05, 0) is 65.9 Å². The number of nitrogens with one attached hydrogen (secondary N) is 1. The van der Waals surface area contributed by atoms with Gasteiger partial charge in [0.15, 0.2) is 0 Å². The van der Waals surface area contributed by atoms with Gasteiger partial charge in [0.1, 0.15) is 0 Å². The second-order valence-electron chi connectivity index (χ2n) is 7.34. The van der Waals surface area contributed by atoms with E-state index in [9.17, 15) is 4.79 Å². The number of aromatic nitrogens is 2. The van der Waals surface area contributed by atoms with Crippen LogP contribution in [0.5, 0.6) is 0 Å². The Morgan fingerprint density at radius 1 is 0.867 bits per heavy atom. The molecule has 1 N–H and O–H groups in total. The van der Waals surface area contributed by atoms with Gasteiger partial charge >= 0.3 is 0 Å². The molecule has 30 heavy (non-hydrogen) atoms. The molecule has 1 aromatic heterocycles. The number of aryl methyl sites for hydroxylation is 3. The van der Waals surface area contributed by atoms with E-state index in [2.05, 4.69) is 22.4 Å². The van der Waals surface area contributed by atoms with Crippen molar-refractivity contribution in [3.63, 3.8) is 0 Å². The van der Waals surface area contributed by atoms with E-state index >= 15 is 0 Å². The van der Waals surface area contributed by atoms with Crippen LogP contribution in [0.15, 0.2) is 71.1 Å². The van der Waals surface area contributed by atoms with E-state index in [4.69, 9.17) is 4.42 Å². The number of amides is 1. The van der Waals surface area contributed by atoms with Crippen LogP contribution in [-0.2, 0) is 6.54 Å². The van der Waals surface area contributed by atoms with Crippen LogP contribution in [-0.4, -0.2) is 16.1 Å². The van der Waals surface area contributed by atoms with Gasteiger partial charge in [-0.3, -0.25) is 4.79 Å². The van der Waals surface area contributed by atoms with Crippen LogP contribution in [0.25, 0.3) is 22.6 Å². The van der Waals surface area contributed by atoms with Crippen molar-refractivity contribution in [2.24, 2.45) is 0 Å². The molecule has 0 atom stereocenters. The lowest BCUT2D eigenvalue weighted by Crippen LogP contribution is -2.23. The number of hydrogen-bond acceptors (Lipinski definition) is 4. The van der Waals surface area contributed by atoms with Gasteiger partial charge in [0.05, 0.1) is 0 Å². The first kappa shape index (κ1) is 19.6. The van der Waals surface area contributed by atoms with E-state index < -0.39 is 0 Å². The third-order valence-electron chi connectivity index (χ3n) is 5.17. The molecule has 0 aliphatic rings. The Balaban J connectivity index is 1.52. The van der Waals surface area contributed by atoms with Gasteiger partial charge < -0.3 is 9.73 Å². The minimum atomic E-state index is -0.0865. The maximum absolute atomic E-state index is 12.5. The minimum Gasteiger partial charge on any atom is -0.421 e. The highest BCUT2D eigenvalue weighted by atomic mass is 16.4. The molecule has 0 radical (unpaired) electrons. The molecule has 0 bridgehead atoms. The van der Waals surface area contributed by atoms with Gasteiger partial charge in [-0.1, -0.05) is 42.5 Å². The maximum atomic E-state index is 12.5. The van der Waals surface area contributed by atoms with Gasteiger partial charge in [-0.15, -0.1) is 10.2 Å². The number of nitrogens with zero attached hydrogens (tertiary/aromatic N) is 2. The van der Waals surface area contributed by atoms with Crippen LogP contribution in [0.1, 0.15) is 32.9 Å². The molecule has 150 valence electrons. The molecule has 0 unspecified atom stereocenters. The van der Waals surface area contributed by atoms with Crippen LogP contribution in [0.4, 0.5) is 0 Å². The Morgan fingerprint density at radius 3 is 2.30 bits per heavy atom. The Labute approximate surface area is 175 Å². The average Bonchev–Trinajstić information content (AvgIpc) is 3.20. The summed E-state index contributed by atoms with van der Waals surface area (Å²) in [5, 5.41) is 11.0. The zero-order valence-electron chi connectivity index (χ0n) is 17.3. The Bertz CT molecular complexity index is 1190. The lowest BCUT2D eigenvalue weighted by Gasteiger charge is -2.10. The lowest BCUT2D eigenvalue weighted by molar-refractivity contribution is 0.0951. The second kappa shape index (κ2) is 8.33. The molecule has 0 spiro atoms. The van der Waals surface area contributed by atoms with Crippen LogP contribution >= 0.6 is 0 Å². The highest BCUT2D eigenvalue weighted by Gasteiger charge is 2.11. The van der Waals surface area contributed by atoms with Crippen LogP contribution in [0.2, 0.25) is 0 Å². The fourth-order valence-corrected chi connectivity index (χ4v) is 3.37. The highest BCUT2D eigenvalue weighted by molar-refractivity contribution is 5.94. The van der Waals surface area contributed by atoms with Crippen LogP contribution < -0.4 is 5.32 Å². The van der Waals surface area contributed by atoms with E-state index in [1.807, 2.05) is 73.7 Å². The fourth-order valence-electron chi connectivity index (χ4n) is 3.37. The largest absolute Gasteiger partial charge is 0.421 e. The molecule has 5 nitrogen and oxygen atoms in total. The average molecular weight is 397 g/mol. The zero-order chi connectivity index (χ0) is 21.1. The first-order valence-electron chi connectivity index (χ1n) is 9.85. The first-order valence-corrected chi connectivity index (χ1v) is 9.85. The van der Waals surface area contributed by atoms with Gasteiger partial charge in [-0.2, -0.15) is 0 Å². The molecular weight excluding hydrogens is 374 g/mol. The van der Waals surface area contributed by atoms with Crippen molar-refractivity contribution in [1.29, 1.82) is 0 Å². The van der Waals surface area contributed by atoms with Crippen molar-refractivity contribution in [2.75, 3.05) is 0 Å². The molecule has 0 saturated carbocycles. The van der Waals surface area contributed by atoms with Gasteiger partial charge in [0.2, 0.25) is 11.8 Å². The van der Waals surface area contributed by atoms with E-state index in [1.165, 1.54) is 5.56 Å². The van der Waals surface area contributed by atoms with Crippen molar-refractivity contribution >= 4 is 5.91 Å². The summed E-state index contributed by atoms with van der Waals surface area (Å²) in [5.41, 5.74) is 7.01. The minimum absolute atomic E-state index is 0.0865. The fraction of sp³-hybridized carbons (Fsp3) is 0.160. The molecule has 4 rings (SSSR count). The summed E-state index contributed by atoms with van der Waals surface area (Å²) in [4.78, 5) is 12.5. The van der Waals surface area contributed by atoms with E-state index in [-0.39, 0.29) is 5.91 Å². The summed E-state index contributed by atoms with van der Waals surface area (Å²) < 4.78 is 5.55. The van der Waals surface area contributed by atoms with E-state index in [0.29, 0.717) is 23.9 Å². The third-order valence-corrected chi connectivity index (χ3v) is 5.17. The van der Waals surface area contributed by atoms with Gasteiger partial charge in [-0.25, -0.2) is 0 Å². The molecule has 4 aromatic rings. The number of hydrogen-bond donors (Lipinski definition) is 1.